The second kappa shape index (κ2) is 10.2. The number of ether oxygens (including phenoxy) is 1. The van der Waals surface area contributed by atoms with Gasteiger partial charge in [-0.3, -0.25) is 9.78 Å². The molecule has 2 aliphatic carbocycles. The van der Waals surface area contributed by atoms with Crippen LogP contribution in [-0.4, -0.2) is 79.2 Å². The van der Waals surface area contributed by atoms with Crippen molar-refractivity contribution in [1.82, 2.24) is 19.9 Å². The van der Waals surface area contributed by atoms with Crippen LogP contribution in [0.1, 0.15) is 37.1 Å². The van der Waals surface area contributed by atoms with E-state index in [4.69, 9.17) is 14.7 Å². The molecular formula is C24H30N6O5S. The Bertz CT molecular complexity index is 1270. The highest BCUT2D eigenvalue weighted by atomic mass is 32.1. The Morgan fingerprint density at radius 2 is 2.00 bits per heavy atom. The second-order valence-corrected chi connectivity index (χ2v) is 10.4. The lowest BCUT2D eigenvalue weighted by atomic mass is 10.1. The first-order valence-corrected chi connectivity index (χ1v) is 12.9. The number of carbonyl (C=O) groups is 1. The third-order valence-electron chi connectivity index (χ3n) is 6.75. The van der Waals surface area contributed by atoms with Crippen LogP contribution < -0.4 is 10.6 Å². The summed E-state index contributed by atoms with van der Waals surface area (Å²) in [5.41, 5.74) is 2.83. The molecule has 3 heterocycles. The molecule has 0 aliphatic heterocycles. The van der Waals surface area contributed by atoms with Gasteiger partial charge in [-0.2, -0.15) is 4.98 Å². The lowest BCUT2D eigenvalue weighted by Crippen LogP contribution is -2.35. The summed E-state index contributed by atoms with van der Waals surface area (Å²) in [6, 6.07) is 1.74. The standard InChI is InChI=1S/C24H30N6O5S/c1-11-18(23-29-19-14(5-6-17(32)35-2)25-8-7-16(19)36-23)22(30-24(26-11)27-13-3-4-13)28-15-9-12(10-31)20(33)21(15)34/h7-8,12-13,15,20-21,31,33-34H,3-6,9-10H2,1-2H3,(H2,26,27,28,30)/t12-,15-,20-,21+/m1/s1. The predicted octanol–water partition coefficient (Wildman–Crippen LogP) is 1.65. The molecule has 0 saturated heterocycles. The highest BCUT2D eigenvalue weighted by molar-refractivity contribution is 7.21. The van der Waals surface area contributed by atoms with Crippen molar-refractivity contribution < 1.29 is 24.9 Å². The van der Waals surface area contributed by atoms with Gasteiger partial charge in [-0.05, 0) is 32.3 Å². The van der Waals surface area contributed by atoms with Crippen molar-refractivity contribution in [2.24, 2.45) is 5.92 Å². The minimum Gasteiger partial charge on any atom is -0.469 e. The SMILES string of the molecule is COC(=O)CCc1nccc2sc(-c3c(C)nc(NC4CC4)nc3N[C@@H]3C[C@H](CO)[C@@H](O)[C@H]3O)nc12. The van der Waals surface area contributed by atoms with E-state index in [9.17, 15) is 20.1 Å². The molecule has 0 spiro atoms. The molecule has 5 rings (SSSR count). The molecule has 2 fully saturated rings. The maximum absolute atomic E-state index is 11.7. The Hall–Kier alpha value is -2.93. The summed E-state index contributed by atoms with van der Waals surface area (Å²) in [4.78, 5) is 30.3. The number of rotatable bonds is 9. The van der Waals surface area contributed by atoms with Crippen LogP contribution in [0.2, 0.25) is 0 Å². The van der Waals surface area contributed by atoms with E-state index in [0.717, 1.165) is 17.5 Å². The van der Waals surface area contributed by atoms with E-state index in [1.165, 1.54) is 18.4 Å². The molecule has 4 atom stereocenters. The lowest BCUT2D eigenvalue weighted by molar-refractivity contribution is -0.140. The van der Waals surface area contributed by atoms with Gasteiger partial charge in [0.2, 0.25) is 5.95 Å². The summed E-state index contributed by atoms with van der Waals surface area (Å²) in [7, 11) is 1.36. The molecule has 11 nitrogen and oxygen atoms in total. The van der Waals surface area contributed by atoms with Gasteiger partial charge >= 0.3 is 5.97 Å². The number of aromatic nitrogens is 4. The zero-order valence-electron chi connectivity index (χ0n) is 20.1. The largest absolute Gasteiger partial charge is 0.469 e. The molecule has 3 aromatic heterocycles. The molecule has 0 unspecified atom stereocenters. The Kier molecular flexibility index (Phi) is 7.02. The van der Waals surface area contributed by atoms with E-state index in [1.807, 2.05) is 13.0 Å². The van der Waals surface area contributed by atoms with Crippen molar-refractivity contribution in [1.29, 1.82) is 0 Å². The summed E-state index contributed by atoms with van der Waals surface area (Å²) in [6.45, 7) is 1.68. The molecule has 0 aromatic carbocycles. The fourth-order valence-electron chi connectivity index (χ4n) is 4.55. The van der Waals surface area contributed by atoms with Crippen molar-refractivity contribution >= 4 is 39.3 Å². The van der Waals surface area contributed by atoms with Gasteiger partial charge in [-0.15, -0.1) is 11.3 Å². The van der Waals surface area contributed by atoms with E-state index in [0.29, 0.717) is 58.1 Å². The third-order valence-corrected chi connectivity index (χ3v) is 7.79. The maximum Gasteiger partial charge on any atom is 0.305 e. The molecule has 192 valence electrons. The number of hydrogen-bond donors (Lipinski definition) is 5. The lowest BCUT2D eigenvalue weighted by Gasteiger charge is -2.21. The van der Waals surface area contributed by atoms with Crippen molar-refractivity contribution in [3.05, 3.63) is 23.7 Å². The first kappa shape index (κ1) is 24.8. The zero-order chi connectivity index (χ0) is 25.4. The number of esters is 1. The van der Waals surface area contributed by atoms with E-state index in [2.05, 4.69) is 20.6 Å². The van der Waals surface area contributed by atoms with E-state index in [-0.39, 0.29) is 19.0 Å². The number of pyridine rings is 1. The van der Waals surface area contributed by atoms with Crippen LogP contribution in [0.15, 0.2) is 12.3 Å². The van der Waals surface area contributed by atoms with Crippen LogP contribution in [0.4, 0.5) is 11.8 Å². The van der Waals surface area contributed by atoms with Crippen molar-refractivity contribution in [2.45, 2.75) is 63.3 Å². The second-order valence-electron chi connectivity index (χ2n) is 9.38. The summed E-state index contributed by atoms with van der Waals surface area (Å²) in [5, 5.41) is 37.8. The first-order chi connectivity index (χ1) is 17.4. The van der Waals surface area contributed by atoms with Crippen molar-refractivity contribution in [3.63, 3.8) is 0 Å². The quantitative estimate of drug-likeness (QED) is 0.264. The van der Waals surface area contributed by atoms with Gasteiger partial charge in [0.15, 0.2) is 0 Å². The Morgan fingerprint density at radius 3 is 2.69 bits per heavy atom. The molecule has 36 heavy (non-hydrogen) atoms. The van der Waals surface area contributed by atoms with Gasteiger partial charge in [-0.1, -0.05) is 0 Å². The van der Waals surface area contributed by atoms with Crippen LogP contribution in [0.25, 0.3) is 20.8 Å². The molecule has 12 heteroatoms. The Morgan fingerprint density at radius 1 is 1.19 bits per heavy atom. The number of thiazole rings is 1. The van der Waals surface area contributed by atoms with Crippen LogP contribution in [0, 0.1) is 12.8 Å². The van der Waals surface area contributed by atoms with Gasteiger partial charge in [0.1, 0.15) is 22.4 Å². The Labute approximate surface area is 212 Å². The summed E-state index contributed by atoms with van der Waals surface area (Å²) >= 11 is 1.47. The van der Waals surface area contributed by atoms with Crippen LogP contribution in [0.5, 0.6) is 0 Å². The van der Waals surface area contributed by atoms with Crippen molar-refractivity contribution in [3.8, 4) is 10.6 Å². The normalized spacial score (nSPS) is 23.7. The number of methoxy groups -OCH3 is 1. The average molecular weight is 515 g/mol. The minimum atomic E-state index is -1.05. The number of aryl methyl sites for hydroxylation is 2. The van der Waals surface area contributed by atoms with E-state index < -0.39 is 24.2 Å². The molecule has 0 bridgehead atoms. The summed E-state index contributed by atoms with van der Waals surface area (Å²) in [5.74, 6) is 0.272. The van der Waals surface area contributed by atoms with Crippen LogP contribution in [-0.2, 0) is 16.0 Å². The molecule has 5 N–H and O–H groups in total. The smallest absolute Gasteiger partial charge is 0.305 e. The predicted molar refractivity (Wildman–Crippen MR) is 135 cm³/mol. The number of aliphatic hydroxyl groups is 3. The van der Waals surface area contributed by atoms with Gasteiger partial charge in [0.05, 0.1) is 47.3 Å². The number of hydrogen-bond acceptors (Lipinski definition) is 12. The molecule has 0 amide bonds. The highest BCUT2D eigenvalue weighted by Gasteiger charge is 2.41. The van der Waals surface area contributed by atoms with Crippen molar-refractivity contribution in [2.75, 3.05) is 24.4 Å². The summed E-state index contributed by atoms with van der Waals surface area (Å²) < 4.78 is 5.68. The van der Waals surface area contributed by atoms with E-state index >= 15 is 0 Å². The Balaban J connectivity index is 1.52. The number of carbonyl (C=O) groups excluding carboxylic acids is 1. The van der Waals surface area contributed by atoms with Gasteiger partial charge in [0.25, 0.3) is 0 Å². The zero-order valence-corrected chi connectivity index (χ0v) is 21.0. The molecule has 2 saturated carbocycles. The minimum absolute atomic E-state index is 0.208. The monoisotopic (exact) mass is 514 g/mol. The number of nitrogens with zero attached hydrogens (tertiary/aromatic N) is 4. The number of nitrogens with one attached hydrogen (secondary N) is 2. The maximum atomic E-state index is 11.7. The molecular weight excluding hydrogens is 484 g/mol. The van der Waals surface area contributed by atoms with Crippen LogP contribution in [0.3, 0.4) is 0 Å². The fourth-order valence-corrected chi connectivity index (χ4v) is 5.63. The topological polar surface area (TPSA) is 163 Å². The first-order valence-electron chi connectivity index (χ1n) is 12.1. The molecule has 0 radical (unpaired) electrons. The van der Waals surface area contributed by atoms with Gasteiger partial charge in [0, 0.05) is 31.2 Å². The average Bonchev–Trinajstić information content (AvgIpc) is 3.50. The van der Waals surface area contributed by atoms with Crippen LogP contribution >= 0.6 is 11.3 Å². The highest BCUT2D eigenvalue weighted by Crippen LogP contribution is 2.39. The molecule has 2 aliphatic rings. The fraction of sp³-hybridized carbons (Fsp3) is 0.542. The van der Waals surface area contributed by atoms with Gasteiger partial charge < -0.3 is 30.7 Å². The number of fused-ring (bicyclic) bond motifs is 1. The van der Waals surface area contributed by atoms with E-state index in [1.54, 1.807) is 6.20 Å². The summed E-state index contributed by atoms with van der Waals surface area (Å²) in [6.07, 6.45) is 2.78. The van der Waals surface area contributed by atoms with Gasteiger partial charge in [-0.25, -0.2) is 9.97 Å². The third kappa shape index (κ3) is 4.99. The number of anilines is 2. The number of aliphatic hydroxyl groups excluding tert-OH is 3. The molecule has 3 aromatic rings.